The molecule has 0 amide bonds. The highest BCUT2D eigenvalue weighted by molar-refractivity contribution is 6.99. The molecule has 0 aliphatic heterocycles. The van der Waals surface area contributed by atoms with Crippen molar-refractivity contribution < 1.29 is 33.4 Å². The maximum Gasteiger partial charge on any atom is 0.338 e. The number of esters is 1. The molecule has 0 saturated heterocycles. The number of carbonyl (C=O) groups is 2. The van der Waals surface area contributed by atoms with Crippen LogP contribution in [0.25, 0.3) is 0 Å². The van der Waals surface area contributed by atoms with E-state index in [4.69, 9.17) is 13.6 Å². The molecule has 57 heavy (non-hydrogen) atoms. The minimum atomic E-state index is -3.22. The van der Waals surface area contributed by atoms with Gasteiger partial charge in [-0.25, -0.2) is 4.79 Å². The molecule has 0 heterocycles. The molecule has 0 unspecified atom stereocenters. The summed E-state index contributed by atoms with van der Waals surface area (Å²) in [5.41, 5.74) is -4.85. The first-order valence-electron chi connectivity index (χ1n) is 21.6. The fourth-order valence-electron chi connectivity index (χ4n) is 12.4. The van der Waals surface area contributed by atoms with Gasteiger partial charge >= 0.3 is 5.97 Å². The van der Waals surface area contributed by atoms with E-state index in [1.807, 2.05) is 42.5 Å². The Balaban J connectivity index is 1.46. The molecule has 4 aliphatic carbocycles. The van der Waals surface area contributed by atoms with Crippen LogP contribution in [0.3, 0.4) is 0 Å². The SMILES string of the molecule is CC[Si](CC)(CC)O[C@@H]1[C@@](O)(CO[Si](c2ccccc2)(c2ccccc2)C(C)(C)C)C[C@@H]2C(=O)[C@]3(CC[C@H](OC(=O)c4ccccc4)[C@@]13O)[C@H](C)C[C@@H]1[C@H]2C1(C)C. The van der Waals surface area contributed by atoms with Gasteiger partial charge in [0, 0.05) is 5.92 Å². The number of ether oxygens (including phenoxy) is 1. The van der Waals surface area contributed by atoms with Crippen molar-refractivity contribution in [1.82, 2.24) is 0 Å². The maximum atomic E-state index is 15.8. The average molecular weight is 811 g/mol. The van der Waals surface area contributed by atoms with Gasteiger partial charge in [0.05, 0.1) is 17.6 Å². The second-order valence-electron chi connectivity index (χ2n) is 19.7. The van der Waals surface area contributed by atoms with E-state index in [-0.39, 0.29) is 47.0 Å². The molecular weight excluding hydrogens is 745 g/mol. The zero-order valence-electron chi connectivity index (χ0n) is 35.7. The Kier molecular flexibility index (Phi) is 11.1. The Morgan fingerprint density at radius 1 is 0.842 bits per heavy atom. The van der Waals surface area contributed by atoms with E-state index < -0.39 is 57.3 Å². The first kappa shape index (κ1) is 42.2. The van der Waals surface area contributed by atoms with Crippen LogP contribution >= 0.6 is 0 Å². The Hall–Kier alpha value is -2.93. The normalized spacial score (nSPS) is 33.4. The number of ketones is 1. The first-order valence-corrected chi connectivity index (χ1v) is 26.0. The molecule has 4 aliphatic rings. The monoisotopic (exact) mass is 810 g/mol. The summed E-state index contributed by atoms with van der Waals surface area (Å²) in [4.78, 5) is 29.8. The molecular formula is C48H66O7Si2. The van der Waals surface area contributed by atoms with Gasteiger partial charge in [0.1, 0.15) is 29.2 Å². The zero-order chi connectivity index (χ0) is 41.2. The van der Waals surface area contributed by atoms with Crippen molar-refractivity contribution in [3.8, 4) is 0 Å². The highest BCUT2D eigenvalue weighted by atomic mass is 28.4. The summed E-state index contributed by atoms with van der Waals surface area (Å²) in [6, 6.07) is 31.9. The molecule has 2 N–H and O–H groups in total. The van der Waals surface area contributed by atoms with Gasteiger partial charge in [0.2, 0.25) is 0 Å². The third-order valence-corrected chi connectivity index (χ3v) is 25.4. The second kappa shape index (κ2) is 15.0. The van der Waals surface area contributed by atoms with Gasteiger partial charge in [-0.05, 0) is 94.5 Å². The topological polar surface area (TPSA) is 102 Å². The van der Waals surface area contributed by atoms with E-state index >= 15 is 4.79 Å². The van der Waals surface area contributed by atoms with E-state index in [2.05, 4.69) is 86.6 Å². The van der Waals surface area contributed by atoms with E-state index in [0.717, 1.165) is 34.9 Å². The van der Waals surface area contributed by atoms with Gasteiger partial charge in [-0.2, -0.15) is 0 Å². The number of rotatable bonds is 12. The second-order valence-corrected chi connectivity index (χ2v) is 28.7. The van der Waals surface area contributed by atoms with E-state index in [1.165, 1.54) is 0 Å². The summed E-state index contributed by atoms with van der Waals surface area (Å²) in [5, 5.41) is 30.0. The van der Waals surface area contributed by atoms with Crippen molar-refractivity contribution in [2.75, 3.05) is 6.61 Å². The number of carbonyl (C=O) groups excluding carboxylic acids is 2. The maximum absolute atomic E-state index is 15.8. The van der Waals surface area contributed by atoms with Crippen molar-refractivity contribution >= 4 is 38.8 Å². The Labute approximate surface area is 343 Å². The smallest absolute Gasteiger partial charge is 0.338 e. The molecule has 9 heteroatoms. The first-order chi connectivity index (χ1) is 26.9. The van der Waals surface area contributed by atoms with Crippen LogP contribution in [0.5, 0.6) is 0 Å². The van der Waals surface area contributed by atoms with Crippen LogP contribution in [-0.4, -0.2) is 68.6 Å². The number of fused-ring (bicyclic) bond motifs is 3. The Morgan fingerprint density at radius 3 is 1.88 bits per heavy atom. The number of aliphatic hydroxyl groups is 2. The summed E-state index contributed by atoms with van der Waals surface area (Å²) in [6.07, 6.45) is -0.793. The summed E-state index contributed by atoms with van der Waals surface area (Å²) in [7, 11) is -5.87. The van der Waals surface area contributed by atoms with E-state index in [1.54, 1.807) is 24.3 Å². The van der Waals surface area contributed by atoms with Crippen molar-refractivity contribution in [2.24, 2.45) is 34.5 Å². The lowest BCUT2D eigenvalue weighted by atomic mass is 9.59. The summed E-state index contributed by atoms with van der Waals surface area (Å²) in [5.74, 6) is -0.994. The van der Waals surface area contributed by atoms with Crippen LogP contribution in [0.1, 0.15) is 98.4 Å². The lowest BCUT2D eigenvalue weighted by molar-refractivity contribution is -0.237. The molecule has 4 saturated carbocycles. The highest BCUT2D eigenvalue weighted by Gasteiger charge is 2.80. The van der Waals surface area contributed by atoms with Gasteiger partial charge in [0.15, 0.2) is 8.32 Å². The molecule has 0 radical (unpaired) electrons. The van der Waals surface area contributed by atoms with Gasteiger partial charge in [-0.1, -0.05) is 141 Å². The molecule has 1 spiro atoms. The lowest BCUT2D eigenvalue weighted by Gasteiger charge is -2.55. The van der Waals surface area contributed by atoms with Crippen molar-refractivity contribution in [3.63, 3.8) is 0 Å². The summed E-state index contributed by atoms with van der Waals surface area (Å²) in [6.45, 7) is 19.5. The predicted octanol–water partition coefficient (Wildman–Crippen LogP) is 8.32. The highest BCUT2D eigenvalue weighted by Crippen LogP contribution is 2.73. The largest absolute Gasteiger partial charge is 0.456 e. The third-order valence-electron chi connectivity index (χ3n) is 15.8. The van der Waals surface area contributed by atoms with Gasteiger partial charge in [0.25, 0.3) is 8.32 Å². The number of hydrogen-bond acceptors (Lipinski definition) is 7. The molecule has 9 atom stereocenters. The fraction of sp³-hybridized carbons (Fsp3) is 0.583. The summed E-state index contributed by atoms with van der Waals surface area (Å²) >= 11 is 0. The van der Waals surface area contributed by atoms with E-state index in [0.29, 0.717) is 18.4 Å². The number of Topliss-reactive ketones (excluding diaryl/α,β-unsaturated/α-hetero) is 1. The van der Waals surface area contributed by atoms with Crippen LogP contribution in [0, 0.1) is 34.5 Å². The van der Waals surface area contributed by atoms with Crippen molar-refractivity contribution in [1.29, 1.82) is 0 Å². The lowest BCUT2D eigenvalue weighted by Crippen LogP contribution is -2.73. The molecule has 0 aromatic heterocycles. The van der Waals surface area contributed by atoms with E-state index in [9.17, 15) is 15.0 Å². The molecule has 3 aromatic carbocycles. The minimum Gasteiger partial charge on any atom is -0.456 e. The quantitative estimate of drug-likeness (QED) is 0.140. The third kappa shape index (κ3) is 6.40. The van der Waals surface area contributed by atoms with Crippen LogP contribution in [0.4, 0.5) is 0 Å². The minimum absolute atomic E-state index is 0.000528. The number of benzene rings is 3. The van der Waals surface area contributed by atoms with Crippen LogP contribution < -0.4 is 10.4 Å². The van der Waals surface area contributed by atoms with Gasteiger partial charge < -0.3 is 23.8 Å². The number of hydrogen-bond donors (Lipinski definition) is 2. The summed E-state index contributed by atoms with van der Waals surface area (Å²) < 4.78 is 21.7. The zero-order valence-corrected chi connectivity index (χ0v) is 37.7. The Bertz CT molecular complexity index is 1860. The van der Waals surface area contributed by atoms with Crippen molar-refractivity contribution in [2.45, 2.75) is 135 Å². The molecule has 3 aromatic rings. The molecule has 308 valence electrons. The van der Waals surface area contributed by atoms with Crippen molar-refractivity contribution in [3.05, 3.63) is 96.6 Å². The molecule has 2 bridgehead atoms. The molecule has 7 nitrogen and oxygen atoms in total. The Morgan fingerprint density at radius 2 is 1.37 bits per heavy atom. The molecule has 4 fully saturated rings. The van der Waals surface area contributed by atoms with Crippen LogP contribution in [0.15, 0.2) is 91.0 Å². The fourth-order valence-corrected chi connectivity index (χ4v) is 19.9. The average Bonchev–Trinajstić information content (AvgIpc) is 3.65. The van der Waals surface area contributed by atoms with Gasteiger partial charge in [-0.3, -0.25) is 4.79 Å². The van der Waals surface area contributed by atoms with Gasteiger partial charge in [-0.15, -0.1) is 0 Å². The molecule has 7 rings (SSSR count). The predicted molar refractivity (Wildman–Crippen MR) is 231 cm³/mol. The van der Waals surface area contributed by atoms with Crippen LogP contribution in [0.2, 0.25) is 23.2 Å². The van der Waals surface area contributed by atoms with Crippen LogP contribution in [-0.2, 0) is 18.4 Å². The standard InChI is InChI=1S/C48H66O7Si2/c1-10-56(11-2,12-3)55-43-46(51,32-53-57(44(5,6)7,35-24-18-14-19-25-35)36-26-20-15-21-27-36)31-37-40-38(45(40,8)9)30-33(4)47(41(37)49)29-28-39(48(43,47)52)54-42(50)34-22-16-13-17-23-34/h13-27,33,37-40,43,51-52H,10-12,28-32H2,1-9H3/t33-,37+,38-,39+,40+,43-,46+,47+,48-/m1/s1.